The van der Waals surface area contributed by atoms with E-state index >= 15 is 0 Å². The van der Waals surface area contributed by atoms with Crippen LogP contribution in [-0.4, -0.2) is 37.0 Å². The van der Waals surface area contributed by atoms with Gasteiger partial charge in [-0.25, -0.2) is 0 Å². The monoisotopic (exact) mass is 377 g/mol. The summed E-state index contributed by atoms with van der Waals surface area (Å²) < 4.78 is 4.82. The highest BCUT2D eigenvalue weighted by Crippen LogP contribution is 2.21. The molecule has 0 N–H and O–H groups in total. The van der Waals surface area contributed by atoms with Crippen molar-refractivity contribution in [3.05, 3.63) is 46.5 Å². The topological polar surface area (TPSA) is 46.6 Å². The zero-order valence-corrected chi connectivity index (χ0v) is 16.4. The van der Waals surface area contributed by atoms with Gasteiger partial charge in [-0.15, -0.1) is 0 Å². The summed E-state index contributed by atoms with van der Waals surface area (Å²) >= 11 is 5.91. The van der Waals surface area contributed by atoms with E-state index in [9.17, 15) is 9.59 Å². The fraction of sp³-hybridized carbons (Fsp3) is 0.524. The van der Waals surface area contributed by atoms with Crippen LogP contribution < -0.4 is 0 Å². The molecule has 0 spiro atoms. The van der Waals surface area contributed by atoms with Crippen molar-refractivity contribution in [1.29, 1.82) is 0 Å². The van der Waals surface area contributed by atoms with Crippen molar-refractivity contribution in [3.8, 4) is 0 Å². The van der Waals surface area contributed by atoms with Crippen LogP contribution in [0.4, 0.5) is 0 Å². The molecule has 0 saturated heterocycles. The second kappa shape index (κ2) is 10.4. The third kappa shape index (κ3) is 6.49. The summed E-state index contributed by atoms with van der Waals surface area (Å²) in [6, 6.07) is 7.31. The number of hydrogen-bond acceptors (Lipinski definition) is 3. The first-order valence-corrected chi connectivity index (χ1v) is 9.65. The van der Waals surface area contributed by atoms with Gasteiger partial charge in [-0.05, 0) is 49.8 Å². The van der Waals surface area contributed by atoms with Crippen molar-refractivity contribution in [3.63, 3.8) is 0 Å². The third-order valence-electron chi connectivity index (χ3n) is 4.81. The van der Waals surface area contributed by atoms with Crippen LogP contribution in [0.2, 0.25) is 5.02 Å². The van der Waals surface area contributed by atoms with Crippen LogP contribution in [0, 0.1) is 5.92 Å². The van der Waals surface area contributed by atoms with Crippen LogP contribution in [0.3, 0.4) is 0 Å². The van der Waals surface area contributed by atoms with E-state index in [1.54, 1.807) is 24.0 Å². The summed E-state index contributed by atoms with van der Waals surface area (Å²) in [4.78, 5) is 26.4. The highest BCUT2D eigenvalue weighted by molar-refractivity contribution is 6.30. The number of allylic oxidation sites excluding steroid dienone is 1. The standard InChI is InChI=1S/C21H28ClNO3/c1-16(21(25)26-2)15-23(13-12-17-6-4-3-5-7-17)20(24)14-18-8-10-19(22)11-9-18/h6,8-11,16H,3-5,7,12-15H2,1-2H3. The number of rotatable bonds is 8. The summed E-state index contributed by atoms with van der Waals surface area (Å²) in [5.74, 6) is -0.597. The fourth-order valence-corrected chi connectivity index (χ4v) is 3.35. The van der Waals surface area contributed by atoms with Gasteiger partial charge >= 0.3 is 5.97 Å². The van der Waals surface area contributed by atoms with Crippen molar-refractivity contribution >= 4 is 23.5 Å². The van der Waals surface area contributed by atoms with E-state index in [1.165, 1.54) is 25.5 Å². The van der Waals surface area contributed by atoms with Crippen molar-refractivity contribution in [1.82, 2.24) is 4.90 Å². The van der Waals surface area contributed by atoms with E-state index in [2.05, 4.69) is 6.08 Å². The maximum absolute atomic E-state index is 12.8. The number of hydrogen-bond donors (Lipinski definition) is 0. The fourth-order valence-electron chi connectivity index (χ4n) is 3.22. The quantitative estimate of drug-likeness (QED) is 0.498. The van der Waals surface area contributed by atoms with Crippen molar-refractivity contribution in [2.24, 2.45) is 5.92 Å². The molecule has 0 fully saturated rings. The Kier molecular flexibility index (Phi) is 8.17. The van der Waals surface area contributed by atoms with Gasteiger partial charge in [0.05, 0.1) is 19.4 Å². The molecule has 0 aliphatic heterocycles. The zero-order chi connectivity index (χ0) is 18.9. The van der Waals surface area contributed by atoms with Crippen LogP contribution >= 0.6 is 11.6 Å². The van der Waals surface area contributed by atoms with E-state index in [-0.39, 0.29) is 17.8 Å². The Balaban J connectivity index is 2.02. The van der Waals surface area contributed by atoms with Gasteiger partial charge in [-0.3, -0.25) is 9.59 Å². The smallest absolute Gasteiger partial charge is 0.310 e. The lowest BCUT2D eigenvalue weighted by atomic mass is 9.97. The van der Waals surface area contributed by atoms with Gasteiger partial charge < -0.3 is 9.64 Å². The molecule has 1 aromatic rings. The predicted molar refractivity (Wildman–Crippen MR) is 104 cm³/mol. The Morgan fingerprint density at radius 3 is 2.58 bits per heavy atom. The summed E-state index contributed by atoms with van der Waals surface area (Å²) in [5, 5.41) is 0.654. The Bertz CT molecular complexity index is 639. The number of carbonyl (C=O) groups is 2. The number of carbonyl (C=O) groups excluding carboxylic acids is 2. The number of amides is 1. The molecule has 5 heteroatoms. The first-order valence-electron chi connectivity index (χ1n) is 9.27. The van der Waals surface area contributed by atoms with Crippen LogP contribution in [0.25, 0.3) is 0 Å². The molecule has 0 saturated carbocycles. The van der Waals surface area contributed by atoms with E-state index in [1.807, 2.05) is 12.1 Å². The number of esters is 1. The van der Waals surface area contributed by atoms with E-state index in [4.69, 9.17) is 16.3 Å². The molecule has 0 radical (unpaired) electrons. The molecule has 142 valence electrons. The van der Waals surface area contributed by atoms with Gasteiger partial charge in [0.1, 0.15) is 0 Å². The molecule has 1 aliphatic rings. The lowest BCUT2D eigenvalue weighted by Crippen LogP contribution is -2.39. The number of nitrogens with zero attached hydrogens (tertiary/aromatic N) is 1. The SMILES string of the molecule is COC(=O)C(C)CN(CCC1=CCCCC1)C(=O)Cc1ccc(Cl)cc1. The summed E-state index contributed by atoms with van der Waals surface area (Å²) in [6.07, 6.45) is 8.21. The largest absolute Gasteiger partial charge is 0.469 e. The van der Waals surface area contributed by atoms with E-state index in [0.717, 1.165) is 24.8 Å². The van der Waals surface area contributed by atoms with Gasteiger partial charge in [0.15, 0.2) is 0 Å². The molecule has 4 nitrogen and oxygen atoms in total. The number of methoxy groups -OCH3 is 1. The first kappa shape index (κ1) is 20.5. The normalized spacial score (nSPS) is 15.1. The zero-order valence-electron chi connectivity index (χ0n) is 15.7. The highest BCUT2D eigenvalue weighted by Gasteiger charge is 2.22. The number of ether oxygens (including phenoxy) is 1. The molecule has 26 heavy (non-hydrogen) atoms. The summed E-state index contributed by atoms with van der Waals surface area (Å²) in [7, 11) is 1.38. The van der Waals surface area contributed by atoms with Crippen LogP contribution in [0.15, 0.2) is 35.9 Å². The Labute approximate surface area is 161 Å². The van der Waals surface area contributed by atoms with Crippen LogP contribution in [-0.2, 0) is 20.7 Å². The molecular formula is C21H28ClNO3. The minimum absolute atomic E-state index is 0.0273. The van der Waals surface area contributed by atoms with Gasteiger partial charge in [0, 0.05) is 18.1 Å². The second-order valence-electron chi connectivity index (χ2n) is 6.93. The van der Waals surface area contributed by atoms with Crippen molar-refractivity contribution < 1.29 is 14.3 Å². The first-order chi connectivity index (χ1) is 12.5. The molecule has 1 atom stereocenters. The molecule has 2 rings (SSSR count). The molecule has 1 aromatic carbocycles. The average Bonchev–Trinajstić information content (AvgIpc) is 2.66. The Morgan fingerprint density at radius 2 is 1.96 bits per heavy atom. The van der Waals surface area contributed by atoms with Crippen LogP contribution in [0.1, 0.15) is 44.6 Å². The lowest BCUT2D eigenvalue weighted by molar-refractivity contribution is -0.146. The molecular weight excluding hydrogens is 350 g/mol. The maximum Gasteiger partial charge on any atom is 0.310 e. The molecule has 0 bridgehead atoms. The van der Waals surface area contributed by atoms with Crippen LogP contribution in [0.5, 0.6) is 0 Å². The Hall–Kier alpha value is -1.81. The molecule has 0 heterocycles. The lowest BCUT2D eigenvalue weighted by Gasteiger charge is -2.26. The third-order valence-corrected chi connectivity index (χ3v) is 5.06. The van der Waals surface area contributed by atoms with Gasteiger partial charge in [-0.2, -0.15) is 0 Å². The molecule has 1 unspecified atom stereocenters. The minimum atomic E-state index is -0.338. The Morgan fingerprint density at radius 1 is 1.23 bits per heavy atom. The summed E-state index contributed by atoms with van der Waals surface area (Å²) in [5.41, 5.74) is 2.35. The predicted octanol–water partition coefficient (Wildman–Crippen LogP) is 4.41. The van der Waals surface area contributed by atoms with Crippen molar-refractivity contribution in [2.45, 2.75) is 45.4 Å². The minimum Gasteiger partial charge on any atom is -0.469 e. The van der Waals surface area contributed by atoms with E-state index < -0.39 is 0 Å². The molecule has 0 aromatic heterocycles. The van der Waals surface area contributed by atoms with Gasteiger partial charge in [0.25, 0.3) is 0 Å². The number of benzene rings is 1. The van der Waals surface area contributed by atoms with E-state index in [0.29, 0.717) is 24.5 Å². The van der Waals surface area contributed by atoms with Gasteiger partial charge in [0.2, 0.25) is 5.91 Å². The second-order valence-corrected chi connectivity index (χ2v) is 7.36. The van der Waals surface area contributed by atoms with Crippen molar-refractivity contribution in [2.75, 3.05) is 20.2 Å². The summed E-state index contributed by atoms with van der Waals surface area (Å²) in [6.45, 7) is 2.82. The average molecular weight is 378 g/mol. The number of halogens is 1. The maximum atomic E-state index is 12.8. The molecule has 1 aliphatic carbocycles. The molecule has 1 amide bonds. The van der Waals surface area contributed by atoms with Gasteiger partial charge in [-0.1, -0.05) is 42.3 Å². The highest BCUT2D eigenvalue weighted by atomic mass is 35.5.